The Bertz CT molecular complexity index is 960. The fourth-order valence-electron chi connectivity index (χ4n) is 3.79. The van der Waals surface area contributed by atoms with Crippen LogP contribution in [-0.4, -0.2) is 39.1 Å². The van der Waals surface area contributed by atoms with Crippen molar-refractivity contribution in [2.24, 2.45) is 0 Å². The molecule has 7 heteroatoms. The molecule has 0 bridgehead atoms. The molecule has 1 atom stereocenters. The zero-order chi connectivity index (χ0) is 20.1. The molecule has 4 rings (SSSR count). The van der Waals surface area contributed by atoms with Crippen LogP contribution in [0.5, 0.6) is 5.75 Å². The number of pyridine rings is 1. The maximum Gasteiger partial charge on any atom is 0.223 e. The number of amides is 1. The smallest absolute Gasteiger partial charge is 0.223 e. The van der Waals surface area contributed by atoms with Crippen molar-refractivity contribution in [1.82, 2.24) is 20.1 Å². The van der Waals surface area contributed by atoms with Crippen molar-refractivity contribution in [3.63, 3.8) is 0 Å². The molecule has 0 aliphatic carbocycles. The Kier molecular flexibility index (Phi) is 5.84. The van der Waals surface area contributed by atoms with Gasteiger partial charge in [-0.15, -0.1) is 0 Å². The Morgan fingerprint density at radius 3 is 2.97 bits per heavy atom. The zero-order valence-corrected chi connectivity index (χ0v) is 16.1. The van der Waals surface area contributed by atoms with Crippen LogP contribution in [0.15, 0.2) is 55.0 Å². The van der Waals surface area contributed by atoms with Crippen molar-refractivity contribution in [1.29, 1.82) is 0 Å². The summed E-state index contributed by atoms with van der Waals surface area (Å²) in [5, 5.41) is 7.32. The molecule has 1 amide bonds. The largest absolute Gasteiger partial charge is 0.493 e. The monoisotopic (exact) mass is 394 g/mol. The lowest BCUT2D eigenvalue weighted by molar-refractivity contribution is -0.132. The lowest BCUT2D eigenvalue weighted by Gasteiger charge is -2.25. The molecule has 150 valence electrons. The predicted octanol–water partition coefficient (Wildman–Crippen LogP) is 4.13. The number of ether oxygens (including phenoxy) is 1. The Morgan fingerprint density at radius 2 is 2.14 bits per heavy atom. The van der Waals surface area contributed by atoms with E-state index in [0.717, 1.165) is 36.2 Å². The summed E-state index contributed by atoms with van der Waals surface area (Å²) in [6, 6.07) is 9.92. The van der Waals surface area contributed by atoms with Gasteiger partial charge in [-0.3, -0.25) is 14.9 Å². The second kappa shape index (κ2) is 8.86. The van der Waals surface area contributed by atoms with Crippen molar-refractivity contribution in [2.75, 3.05) is 13.2 Å². The summed E-state index contributed by atoms with van der Waals surface area (Å²) in [6.07, 6.45) is 8.16. The predicted molar refractivity (Wildman–Crippen MR) is 107 cm³/mol. The lowest BCUT2D eigenvalue weighted by Crippen LogP contribution is -2.31. The third-order valence-electron chi connectivity index (χ3n) is 5.17. The van der Waals surface area contributed by atoms with Gasteiger partial charge in [0.15, 0.2) is 0 Å². The van der Waals surface area contributed by atoms with Gasteiger partial charge in [-0.2, -0.15) is 5.10 Å². The maximum absolute atomic E-state index is 13.2. The maximum atomic E-state index is 13.2. The van der Waals surface area contributed by atoms with Gasteiger partial charge in [-0.1, -0.05) is 6.07 Å². The average Bonchev–Trinajstić information content (AvgIpc) is 3.41. The molecule has 0 radical (unpaired) electrons. The highest BCUT2D eigenvalue weighted by molar-refractivity contribution is 5.77. The van der Waals surface area contributed by atoms with Crippen molar-refractivity contribution >= 4 is 5.91 Å². The summed E-state index contributed by atoms with van der Waals surface area (Å²) >= 11 is 0. The number of nitrogens with zero attached hydrogens (tertiary/aromatic N) is 3. The summed E-state index contributed by atoms with van der Waals surface area (Å²) in [7, 11) is 0. The van der Waals surface area contributed by atoms with E-state index in [1.54, 1.807) is 30.7 Å². The van der Waals surface area contributed by atoms with E-state index < -0.39 is 0 Å². The number of H-pyrrole nitrogens is 1. The zero-order valence-electron chi connectivity index (χ0n) is 16.1. The molecule has 1 saturated heterocycles. The van der Waals surface area contributed by atoms with E-state index in [9.17, 15) is 9.18 Å². The minimum atomic E-state index is -0.331. The number of likely N-dealkylation sites (tertiary alicyclic amines) is 1. The van der Waals surface area contributed by atoms with Gasteiger partial charge in [-0.05, 0) is 49.1 Å². The van der Waals surface area contributed by atoms with Crippen LogP contribution in [0.3, 0.4) is 0 Å². The highest BCUT2D eigenvalue weighted by Crippen LogP contribution is 2.36. The van der Waals surface area contributed by atoms with Crippen LogP contribution in [0.4, 0.5) is 4.39 Å². The van der Waals surface area contributed by atoms with Gasteiger partial charge in [-0.25, -0.2) is 4.39 Å². The van der Waals surface area contributed by atoms with Crippen molar-refractivity contribution in [3.05, 3.63) is 66.5 Å². The second-order valence-electron chi connectivity index (χ2n) is 7.09. The van der Waals surface area contributed by atoms with E-state index in [0.29, 0.717) is 25.2 Å². The van der Waals surface area contributed by atoms with E-state index in [4.69, 9.17) is 4.74 Å². The molecular formula is C22H23FN4O2. The minimum absolute atomic E-state index is 0.00250. The summed E-state index contributed by atoms with van der Waals surface area (Å²) in [4.78, 5) is 18.8. The Labute approximate surface area is 168 Å². The van der Waals surface area contributed by atoms with Crippen molar-refractivity contribution in [3.8, 4) is 16.9 Å². The molecule has 3 heterocycles. The number of aromatic amines is 1. The number of benzene rings is 1. The van der Waals surface area contributed by atoms with Crippen LogP contribution in [0, 0.1) is 5.82 Å². The van der Waals surface area contributed by atoms with Crippen LogP contribution >= 0.6 is 0 Å². The quantitative estimate of drug-likeness (QED) is 0.612. The van der Waals surface area contributed by atoms with Gasteiger partial charge in [0.2, 0.25) is 5.91 Å². The molecule has 2 aromatic heterocycles. The number of halogens is 1. The molecule has 0 spiro atoms. The van der Waals surface area contributed by atoms with E-state index in [1.165, 1.54) is 12.1 Å². The van der Waals surface area contributed by atoms with E-state index >= 15 is 0 Å². The number of aromatic nitrogens is 3. The van der Waals surface area contributed by atoms with Crippen LogP contribution in [-0.2, 0) is 4.79 Å². The molecule has 1 aliphatic heterocycles. The first-order chi connectivity index (χ1) is 14.2. The SMILES string of the molecule is O=C(CCCOc1cccc(F)c1)N1CCC[C@H]1c1[nH]ncc1-c1ccncc1. The number of hydrogen-bond acceptors (Lipinski definition) is 4. The fraction of sp³-hybridized carbons (Fsp3) is 0.318. The van der Waals surface area contributed by atoms with Gasteiger partial charge in [0.1, 0.15) is 11.6 Å². The normalized spacial score (nSPS) is 16.2. The van der Waals surface area contributed by atoms with Crippen LogP contribution in [0.25, 0.3) is 11.1 Å². The van der Waals surface area contributed by atoms with Crippen LogP contribution in [0.2, 0.25) is 0 Å². The number of carbonyl (C=O) groups is 1. The average molecular weight is 394 g/mol. The fourth-order valence-corrected chi connectivity index (χ4v) is 3.79. The molecule has 0 unspecified atom stereocenters. The molecule has 29 heavy (non-hydrogen) atoms. The van der Waals surface area contributed by atoms with Gasteiger partial charge in [0.05, 0.1) is 24.5 Å². The summed E-state index contributed by atoms with van der Waals surface area (Å²) in [5.74, 6) is 0.254. The van der Waals surface area contributed by atoms with Gasteiger partial charge >= 0.3 is 0 Å². The van der Waals surface area contributed by atoms with E-state index in [-0.39, 0.29) is 17.8 Å². The molecule has 1 N–H and O–H groups in total. The first-order valence-electron chi connectivity index (χ1n) is 9.84. The van der Waals surface area contributed by atoms with Gasteiger partial charge < -0.3 is 9.64 Å². The summed E-state index contributed by atoms with van der Waals surface area (Å²) in [5.41, 5.74) is 3.01. The van der Waals surface area contributed by atoms with Gasteiger partial charge in [0.25, 0.3) is 0 Å². The van der Waals surface area contributed by atoms with E-state index in [2.05, 4.69) is 15.2 Å². The van der Waals surface area contributed by atoms with Crippen LogP contribution < -0.4 is 4.74 Å². The third-order valence-corrected chi connectivity index (χ3v) is 5.17. The van der Waals surface area contributed by atoms with Crippen molar-refractivity contribution in [2.45, 2.75) is 31.7 Å². The highest BCUT2D eigenvalue weighted by atomic mass is 19.1. The molecule has 6 nitrogen and oxygen atoms in total. The molecule has 1 aromatic carbocycles. The standard InChI is InChI=1S/C22H23FN4O2/c23-17-4-1-5-18(14-17)29-13-3-7-21(28)27-12-2-6-20(27)22-19(15-25-26-22)16-8-10-24-11-9-16/h1,4-5,8-11,14-15,20H,2-3,6-7,12-13H2,(H,25,26)/t20-/m0/s1. The van der Waals surface area contributed by atoms with Crippen LogP contribution in [0.1, 0.15) is 37.4 Å². The molecular weight excluding hydrogens is 371 g/mol. The highest BCUT2D eigenvalue weighted by Gasteiger charge is 2.32. The number of carbonyl (C=O) groups excluding carboxylic acids is 1. The minimum Gasteiger partial charge on any atom is -0.493 e. The topological polar surface area (TPSA) is 71.1 Å². The summed E-state index contributed by atoms with van der Waals surface area (Å²) < 4.78 is 18.7. The Balaban J connectivity index is 1.36. The van der Waals surface area contributed by atoms with E-state index in [1.807, 2.05) is 17.0 Å². The Hall–Kier alpha value is -3.22. The molecule has 0 saturated carbocycles. The summed E-state index contributed by atoms with van der Waals surface area (Å²) in [6.45, 7) is 1.11. The third kappa shape index (κ3) is 4.45. The number of rotatable bonds is 7. The first kappa shape index (κ1) is 19.1. The molecule has 3 aromatic rings. The first-order valence-corrected chi connectivity index (χ1v) is 9.84. The molecule has 1 fully saturated rings. The number of hydrogen-bond donors (Lipinski definition) is 1. The molecule has 1 aliphatic rings. The Morgan fingerprint density at radius 1 is 1.28 bits per heavy atom. The number of nitrogens with one attached hydrogen (secondary N) is 1. The van der Waals surface area contributed by atoms with Gasteiger partial charge in [0, 0.05) is 37.0 Å². The second-order valence-corrected chi connectivity index (χ2v) is 7.09. The lowest BCUT2D eigenvalue weighted by atomic mass is 10.0. The van der Waals surface area contributed by atoms with Crippen molar-refractivity contribution < 1.29 is 13.9 Å².